The summed E-state index contributed by atoms with van der Waals surface area (Å²) >= 11 is 0. The van der Waals surface area contributed by atoms with E-state index in [1.54, 1.807) is 25.3 Å². The molecule has 2 aromatic carbocycles. The summed E-state index contributed by atoms with van der Waals surface area (Å²) in [7, 11) is 1.58. The van der Waals surface area contributed by atoms with Gasteiger partial charge in [-0.05, 0) is 48.7 Å². The molecule has 0 N–H and O–H groups in total. The Morgan fingerprint density at radius 2 is 1.77 bits per heavy atom. The van der Waals surface area contributed by atoms with Gasteiger partial charge < -0.3 is 9.47 Å². The zero-order chi connectivity index (χ0) is 18.9. The number of carbonyl (C=O) groups excluding carboxylic acids is 1. The van der Waals surface area contributed by atoms with Gasteiger partial charge in [-0.2, -0.15) is 5.26 Å². The van der Waals surface area contributed by atoms with Gasteiger partial charge in [0.25, 0.3) is 0 Å². The molecule has 0 radical (unpaired) electrons. The number of carbonyl (C=O) groups is 1. The summed E-state index contributed by atoms with van der Waals surface area (Å²) in [4.78, 5) is 12.0. The second kappa shape index (κ2) is 9.43. The number of benzene rings is 2. The molecular formula is C22H23NO3. The third-order valence-electron chi connectivity index (χ3n) is 4.25. The maximum Gasteiger partial charge on any atom is 0.314 e. The van der Waals surface area contributed by atoms with Crippen LogP contribution in [0.2, 0.25) is 0 Å². The van der Waals surface area contributed by atoms with E-state index in [4.69, 9.17) is 9.47 Å². The van der Waals surface area contributed by atoms with Crippen LogP contribution in [0.15, 0.2) is 48.5 Å². The van der Waals surface area contributed by atoms with Gasteiger partial charge in [0.2, 0.25) is 0 Å². The van der Waals surface area contributed by atoms with Crippen LogP contribution in [-0.4, -0.2) is 13.1 Å². The molecule has 0 spiro atoms. The van der Waals surface area contributed by atoms with Crippen LogP contribution in [0.1, 0.15) is 37.8 Å². The van der Waals surface area contributed by atoms with Crippen LogP contribution < -0.4 is 9.47 Å². The average Bonchev–Trinajstić information content (AvgIpc) is 2.68. The van der Waals surface area contributed by atoms with Crippen molar-refractivity contribution < 1.29 is 14.3 Å². The van der Waals surface area contributed by atoms with Gasteiger partial charge in [0.15, 0.2) is 0 Å². The lowest BCUT2D eigenvalue weighted by atomic mass is 10.0. The molecule has 0 aliphatic carbocycles. The van der Waals surface area contributed by atoms with Crippen LogP contribution in [0.3, 0.4) is 0 Å². The Balaban J connectivity index is 2.20. The normalized spacial score (nSPS) is 11.1. The summed E-state index contributed by atoms with van der Waals surface area (Å²) in [5, 5.41) is 9.51. The van der Waals surface area contributed by atoms with Crippen molar-refractivity contribution in [2.24, 2.45) is 5.92 Å². The Kier molecular flexibility index (Phi) is 6.99. The molecule has 0 unspecified atom stereocenters. The Labute approximate surface area is 154 Å². The highest BCUT2D eigenvalue weighted by atomic mass is 16.5. The van der Waals surface area contributed by atoms with E-state index in [9.17, 15) is 10.1 Å². The van der Waals surface area contributed by atoms with Crippen LogP contribution in [-0.2, 0) is 4.79 Å². The molecule has 26 heavy (non-hydrogen) atoms. The second-order valence-corrected chi connectivity index (χ2v) is 5.87. The molecule has 0 aromatic heterocycles. The topological polar surface area (TPSA) is 59.3 Å². The predicted octanol–water partition coefficient (Wildman–Crippen LogP) is 5.10. The van der Waals surface area contributed by atoms with E-state index >= 15 is 0 Å². The number of nitrogens with zero attached hydrogens (tertiary/aromatic N) is 1. The van der Waals surface area contributed by atoms with Crippen molar-refractivity contribution in [2.45, 2.75) is 26.7 Å². The molecule has 0 heterocycles. The number of nitriles is 1. The minimum atomic E-state index is -0.204. The lowest BCUT2D eigenvalue weighted by molar-refractivity contribution is -0.139. The number of hydrogen-bond acceptors (Lipinski definition) is 4. The molecule has 0 amide bonds. The number of hydrogen-bond donors (Lipinski definition) is 0. The fraction of sp³-hybridized carbons (Fsp3) is 0.273. The van der Waals surface area contributed by atoms with E-state index in [2.05, 4.69) is 6.07 Å². The summed E-state index contributed by atoms with van der Waals surface area (Å²) in [5.41, 5.74) is 2.08. The molecule has 0 aliphatic heterocycles. The van der Waals surface area contributed by atoms with Crippen molar-refractivity contribution in [1.29, 1.82) is 5.26 Å². The Morgan fingerprint density at radius 3 is 2.35 bits per heavy atom. The first-order valence-corrected chi connectivity index (χ1v) is 8.69. The lowest BCUT2D eigenvalue weighted by Crippen LogP contribution is -2.19. The molecule has 0 bridgehead atoms. The summed E-state index contributed by atoms with van der Waals surface area (Å²) in [5.74, 6) is 0.876. The van der Waals surface area contributed by atoms with Gasteiger partial charge in [-0.3, -0.25) is 4.79 Å². The number of allylic oxidation sites excluding steroid dienone is 1. The second-order valence-electron chi connectivity index (χ2n) is 5.87. The third-order valence-corrected chi connectivity index (χ3v) is 4.25. The number of methoxy groups -OCH3 is 1. The van der Waals surface area contributed by atoms with Crippen molar-refractivity contribution in [3.8, 4) is 17.6 Å². The SMILES string of the molecule is CCC(CC)C(=O)Oc1ccc(/C=C(/C#N)c2ccccc2OC)cc1. The van der Waals surface area contributed by atoms with Gasteiger partial charge in [0.05, 0.1) is 24.7 Å². The van der Waals surface area contributed by atoms with Crippen LogP contribution in [0.5, 0.6) is 11.5 Å². The number of esters is 1. The van der Waals surface area contributed by atoms with Gasteiger partial charge in [0, 0.05) is 5.56 Å². The lowest BCUT2D eigenvalue weighted by Gasteiger charge is -2.11. The maximum absolute atomic E-state index is 12.0. The van der Waals surface area contributed by atoms with Gasteiger partial charge in [0.1, 0.15) is 11.5 Å². The molecular weight excluding hydrogens is 326 g/mol. The highest BCUT2D eigenvalue weighted by Gasteiger charge is 2.16. The maximum atomic E-state index is 12.0. The largest absolute Gasteiger partial charge is 0.496 e. The highest BCUT2D eigenvalue weighted by molar-refractivity contribution is 5.91. The van der Waals surface area contributed by atoms with Gasteiger partial charge >= 0.3 is 5.97 Å². The fourth-order valence-electron chi connectivity index (χ4n) is 2.66. The van der Waals surface area contributed by atoms with E-state index < -0.39 is 0 Å². The first-order valence-electron chi connectivity index (χ1n) is 8.69. The Morgan fingerprint density at radius 1 is 1.12 bits per heavy atom. The molecule has 0 saturated carbocycles. The summed E-state index contributed by atoms with van der Waals surface area (Å²) in [6, 6.07) is 16.7. The first-order chi connectivity index (χ1) is 12.6. The quantitative estimate of drug-likeness (QED) is 0.302. The minimum absolute atomic E-state index is 0.0784. The highest BCUT2D eigenvalue weighted by Crippen LogP contribution is 2.27. The molecule has 2 aromatic rings. The van der Waals surface area contributed by atoms with Crippen molar-refractivity contribution in [3.63, 3.8) is 0 Å². The van der Waals surface area contributed by atoms with Crippen LogP contribution >= 0.6 is 0 Å². The van der Waals surface area contributed by atoms with E-state index in [-0.39, 0.29) is 11.9 Å². The molecule has 0 saturated heterocycles. The minimum Gasteiger partial charge on any atom is -0.496 e. The van der Waals surface area contributed by atoms with Gasteiger partial charge in [-0.15, -0.1) is 0 Å². The first kappa shape index (κ1) is 19.3. The predicted molar refractivity (Wildman–Crippen MR) is 103 cm³/mol. The zero-order valence-electron chi connectivity index (χ0n) is 15.4. The zero-order valence-corrected chi connectivity index (χ0v) is 15.4. The Bertz CT molecular complexity index is 812. The summed E-state index contributed by atoms with van der Waals surface area (Å²) < 4.78 is 10.7. The number of rotatable bonds is 7. The number of para-hydroxylation sites is 1. The van der Waals surface area contributed by atoms with E-state index in [0.717, 1.165) is 24.0 Å². The van der Waals surface area contributed by atoms with Crippen LogP contribution in [0.4, 0.5) is 0 Å². The smallest absolute Gasteiger partial charge is 0.314 e. The fourth-order valence-corrected chi connectivity index (χ4v) is 2.66. The van der Waals surface area contributed by atoms with E-state index in [1.807, 2.05) is 50.2 Å². The van der Waals surface area contributed by atoms with Crippen LogP contribution in [0, 0.1) is 17.2 Å². The summed E-state index contributed by atoms with van der Waals surface area (Å²) in [6.07, 6.45) is 3.31. The monoisotopic (exact) mass is 349 g/mol. The van der Waals surface area contributed by atoms with E-state index in [0.29, 0.717) is 17.1 Å². The Hall–Kier alpha value is -3.06. The standard InChI is InChI=1S/C22H23NO3/c1-4-17(5-2)22(24)26-19-12-10-16(11-13-19)14-18(15-23)20-8-6-7-9-21(20)25-3/h6-14,17H,4-5H2,1-3H3/b18-14-. The third kappa shape index (κ3) is 4.73. The van der Waals surface area contributed by atoms with Crippen molar-refractivity contribution in [1.82, 2.24) is 0 Å². The average molecular weight is 349 g/mol. The van der Waals surface area contributed by atoms with Crippen molar-refractivity contribution in [2.75, 3.05) is 7.11 Å². The summed E-state index contributed by atoms with van der Waals surface area (Å²) in [6.45, 7) is 3.95. The molecule has 134 valence electrons. The van der Waals surface area contributed by atoms with Crippen LogP contribution in [0.25, 0.3) is 11.6 Å². The molecule has 4 heteroatoms. The van der Waals surface area contributed by atoms with Gasteiger partial charge in [-0.1, -0.05) is 38.1 Å². The molecule has 0 fully saturated rings. The van der Waals surface area contributed by atoms with E-state index in [1.165, 1.54) is 0 Å². The van der Waals surface area contributed by atoms with Gasteiger partial charge in [-0.25, -0.2) is 0 Å². The molecule has 0 atom stereocenters. The molecule has 0 aliphatic rings. The molecule has 4 nitrogen and oxygen atoms in total. The van der Waals surface area contributed by atoms with Crippen molar-refractivity contribution in [3.05, 3.63) is 59.7 Å². The molecule has 2 rings (SSSR count). The van der Waals surface area contributed by atoms with Crippen molar-refractivity contribution >= 4 is 17.6 Å². The number of ether oxygens (including phenoxy) is 2.